The highest BCUT2D eigenvalue weighted by molar-refractivity contribution is 5.11. The lowest BCUT2D eigenvalue weighted by Crippen LogP contribution is -2.50. The van der Waals surface area contributed by atoms with E-state index >= 15 is 0 Å². The van der Waals surface area contributed by atoms with Crippen LogP contribution in [0.25, 0.3) is 0 Å². The lowest BCUT2D eigenvalue weighted by Gasteiger charge is -2.33. The van der Waals surface area contributed by atoms with Crippen LogP contribution in [0.3, 0.4) is 0 Å². The summed E-state index contributed by atoms with van der Waals surface area (Å²) in [5, 5.41) is 0. The van der Waals surface area contributed by atoms with Crippen LogP contribution in [0.4, 0.5) is 0 Å². The van der Waals surface area contributed by atoms with Gasteiger partial charge >= 0.3 is 0 Å². The van der Waals surface area contributed by atoms with E-state index in [9.17, 15) is 0 Å². The molecular weight excluding hydrogens is 202 g/mol. The van der Waals surface area contributed by atoms with Crippen molar-refractivity contribution >= 4 is 0 Å². The first-order chi connectivity index (χ1) is 7.75. The van der Waals surface area contributed by atoms with Gasteiger partial charge in [-0.05, 0) is 31.2 Å². The van der Waals surface area contributed by atoms with Gasteiger partial charge in [-0.25, -0.2) is 0 Å². The zero-order chi connectivity index (χ0) is 11.4. The smallest absolute Gasteiger partial charge is 0.0856 e. The van der Waals surface area contributed by atoms with Gasteiger partial charge in [0.05, 0.1) is 12.7 Å². The molecule has 2 N–H and O–H groups in total. The molecule has 0 amide bonds. The minimum Gasteiger partial charge on any atom is -0.374 e. The van der Waals surface area contributed by atoms with Gasteiger partial charge in [0.1, 0.15) is 0 Å². The van der Waals surface area contributed by atoms with E-state index in [0.29, 0.717) is 0 Å². The number of hydrogen-bond donors (Lipinski definition) is 1. The molecule has 4 heteroatoms. The molecule has 2 heterocycles. The van der Waals surface area contributed by atoms with Gasteiger partial charge in [0.25, 0.3) is 0 Å². The molecule has 1 saturated heterocycles. The van der Waals surface area contributed by atoms with E-state index in [1.54, 1.807) is 12.4 Å². The molecule has 0 aliphatic carbocycles. The van der Waals surface area contributed by atoms with Gasteiger partial charge in [-0.2, -0.15) is 0 Å². The van der Waals surface area contributed by atoms with Crippen molar-refractivity contribution in [3.63, 3.8) is 0 Å². The second-order valence-electron chi connectivity index (χ2n) is 4.39. The molecule has 0 bridgehead atoms. The van der Waals surface area contributed by atoms with Crippen LogP contribution in [0.2, 0.25) is 0 Å². The van der Waals surface area contributed by atoms with E-state index < -0.39 is 0 Å². The van der Waals surface area contributed by atoms with Crippen molar-refractivity contribution in [2.75, 3.05) is 26.7 Å². The molecule has 88 valence electrons. The fourth-order valence-electron chi connectivity index (χ4n) is 1.99. The molecule has 0 spiro atoms. The molecule has 2 rings (SSSR count). The molecule has 1 aliphatic rings. The Kier molecular flexibility index (Phi) is 3.88. The van der Waals surface area contributed by atoms with Gasteiger partial charge in [0.15, 0.2) is 0 Å². The zero-order valence-corrected chi connectivity index (χ0v) is 9.67. The number of nitrogens with two attached hydrogens (primary N) is 1. The SMILES string of the molecule is CN1CCOC(C(N)Cc2ccncc2)C1. The molecule has 16 heavy (non-hydrogen) atoms. The summed E-state index contributed by atoms with van der Waals surface area (Å²) in [4.78, 5) is 6.26. The van der Waals surface area contributed by atoms with Crippen molar-refractivity contribution < 1.29 is 4.74 Å². The van der Waals surface area contributed by atoms with Crippen LogP contribution in [-0.4, -0.2) is 48.8 Å². The Bertz CT molecular complexity index is 317. The van der Waals surface area contributed by atoms with Crippen LogP contribution in [0, 0.1) is 0 Å². The summed E-state index contributed by atoms with van der Waals surface area (Å²) in [6.45, 7) is 2.70. The Morgan fingerprint density at radius 2 is 2.31 bits per heavy atom. The summed E-state index contributed by atoms with van der Waals surface area (Å²) in [6.07, 6.45) is 4.60. The summed E-state index contributed by atoms with van der Waals surface area (Å²) >= 11 is 0. The van der Waals surface area contributed by atoms with Crippen molar-refractivity contribution in [3.05, 3.63) is 30.1 Å². The molecule has 1 aliphatic heterocycles. The molecular formula is C12H19N3O. The van der Waals surface area contributed by atoms with Crippen molar-refractivity contribution in [3.8, 4) is 0 Å². The fraction of sp³-hybridized carbons (Fsp3) is 0.583. The third-order valence-corrected chi connectivity index (χ3v) is 2.99. The average molecular weight is 221 g/mol. The Hall–Kier alpha value is -0.970. The van der Waals surface area contributed by atoms with E-state index in [1.807, 2.05) is 12.1 Å². The second kappa shape index (κ2) is 5.39. The van der Waals surface area contributed by atoms with Gasteiger partial charge in [-0.15, -0.1) is 0 Å². The number of morpholine rings is 1. The third kappa shape index (κ3) is 3.01. The number of rotatable bonds is 3. The van der Waals surface area contributed by atoms with Gasteiger partial charge < -0.3 is 15.4 Å². The monoisotopic (exact) mass is 221 g/mol. The number of pyridine rings is 1. The molecule has 1 aromatic heterocycles. The van der Waals surface area contributed by atoms with Crippen LogP contribution < -0.4 is 5.73 Å². The first kappa shape index (κ1) is 11.5. The summed E-state index contributed by atoms with van der Waals surface area (Å²) < 4.78 is 5.70. The van der Waals surface area contributed by atoms with Crippen molar-refractivity contribution in [1.29, 1.82) is 0 Å². The van der Waals surface area contributed by atoms with Gasteiger partial charge in [-0.3, -0.25) is 4.98 Å². The maximum atomic E-state index is 6.17. The van der Waals surface area contributed by atoms with Crippen LogP contribution in [0.5, 0.6) is 0 Å². The van der Waals surface area contributed by atoms with E-state index in [1.165, 1.54) is 5.56 Å². The van der Waals surface area contributed by atoms with Gasteiger partial charge in [0, 0.05) is 31.5 Å². The lowest BCUT2D eigenvalue weighted by molar-refractivity contribution is -0.0319. The molecule has 2 atom stereocenters. The standard InChI is InChI=1S/C12H19N3O/c1-15-6-7-16-12(9-15)11(13)8-10-2-4-14-5-3-10/h2-5,11-12H,6-9,13H2,1H3. The van der Waals surface area contributed by atoms with Crippen LogP contribution in [-0.2, 0) is 11.2 Å². The van der Waals surface area contributed by atoms with Crippen LogP contribution in [0.15, 0.2) is 24.5 Å². The minimum absolute atomic E-state index is 0.0603. The maximum absolute atomic E-state index is 6.17. The molecule has 2 unspecified atom stereocenters. The molecule has 4 nitrogen and oxygen atoms in total. The Balaban J connectivity index is 1.90. The quantitative estimate of drug-likeness (QED) is 0.796. The first-order valence-electron chi connectivity index (χ1n) is 5.70. The fourth-order valence-corrected chi connectivity index (χ4v) is 1.99. The highest BCUT2D eigenvalue weighted by Crippen LogP contribution is 2.10. The van der Waals surface area contributed by atoms with Gasteiger partial charge in [-0.1, -0.05) is 0 Å². The molecule has 1 aromatic rings. The molecule has 0 radical (unpaired) electrons. The predicted octanol–water partition coefficient (Wildman–Crippen LogP) is 0.282. The average Bonchev–Trinajstić information content (AvgIpc) is 2.30. The van der Waals surface area contributed by atoms with E-state index in [4.69, 9.17) is 10.5 Å². The van der Waals surface area contributed by atoms with Crippen molar-refractivity contribution in [2.24, 2.45) is 5.73 Å². The number of aromatic nitrogens is 1. The predicted molar refractivity (Wildman–Crippen MR) is 63.2 cm³/mol. The van der Waals surface area contributed by atoms with Crippen molar-refractivity contribution in [2.45, 2.75) is 18.6 Å². The zero-order valence-electron chi connectivity index (χ0n) is 9.67. The third-order valence-electron chi connectivity index (χ3n) is 2.99. The van der Waals surface area contributed by atoms with E-state index in [2.05, 4.69) is 16.9 Å². The first-order valence-corrected chi connectivity index (χ1v) is 5.70. The van der Waals surface area contributed by atoms with E-state index in [0.717, 1.165) is 26.1 Å². The Morgan fingerprint density at radius 1 is 1.56 bits per heavy atom. The topological polar surface area (TPSA) is 51.4 Å². The maximum Gasteiger partial charge on any atom is 0.0856 e. The summed E-state index contributed by atoms with van der Waals surface area (Å²) in [5.74, 6) is 0. The summed E-state index contributed by atoms with van der Waals surface area (Å²) in [6, 6.07) is 4.07. The van der Waals surface area contributed by atoms with Crippen molar-refractivity contribution in [1.82, 2.24) is 9.88 Å². The number of ether oxygens (including phenoxy) is 1. The minimum atomic E-state index is 0.0603. The number of likely N-dealkylation sites (N-methyl/N-ethyl adjacent to an activating group) is 1. The van der Waals surface area contributed by atoms with Crippen LogP contribution in [0.1, 0.15) is 5.56 Å². The lowest BCUT2D eigenvalue weighted by atomic mass is 10.0. The summed E-state index contributed by atoms with van der Waals surface area (Å²) in [7, 11) is 2.11. The number of nitrogens with zero attached hydrogens (tertiary/aromatic N) is 2. The molecule has 0 aromatic carbocycles. The van der Waals surface area contributed by atoms with E-state index in [-0.39, 0.29) is 12.1 Å². The van der Waals surface area contributed by atoms with Crippen LogP contribution >= 0.6 is 0 Å². The highest BCUT2D eigenvalue weighted by Gasteiger charge is 2.23. The Labute approximate surface area is 96.4 Å². The summed E-state index contributed by atoms with van der Waals surface area (Å²) in [5.41, 5.74) is 7.39. The molecule has 0 saturated carbocycles. The highest BCUT2D eigenvalue weighted by atomic mass is 16.5. The normalized spacial score (nSPS) is 24.2. The Morgan fingerprint density at radius 3 is 3.00 bits per heavy atom. The second-order valence-corrected chi connectivity index (χ2v) is 4.39. The number of hydrogen-bond acceptors (Lipinski definition) is 4. The largest absolute Gasteiger partial charge is 0.374 e. The molecule has 1 fully saturated rings. The van der Waals surface area contributed by atoms with Gasteiger partial charge in [0.2, 0.25) is 0 Å².